The quantitative estimate of drug-likeness (QED) is 0.787. The van der Waals surface area contributed by atoms with Crippen LogP contribution in [0.5, 0.6) is 0 Å². The van der Waals surface area contributed by atoms with E-state index in [0.29, 0.717) is 6.42 Å². The van der Waals surface area contributed by atoms with E-state index in [9.17, 15) is 9.59 Å². The Morgan fingerprint density at radius 1 is 1.39 bits per heavy atom. The SMILES string of the molecule is CCC.COC(=O)CNC1=CC(=O)CC(C)(C)C1. The number of carbonyl (C=O) groups is 2. The molecule has 4 nitrogen and oxygen atoms in total. The van der Waals surface area contributed by atoms with Crippen LogP contribution in [0.15, 0.2) is 11.8 Å². The third-order valence-corrected chi connectivity index (χ3v) is 2.34. The fraction of sp³-hybridized carbons (Fsp3) is 0.714. The van der Waals surface area contributed by atoms with E-state index in [0.717, 1.165) is 12.1 Å². The van der Waals surface area contributed by atoms with Crippen LogP contribution in [0.4, 0.5) is 0 Å². The standard InChI is InChI=1S/C11H17NO3.C3H8/c1-11(2)5-8(4-9(13)6-11)12-7-10(14)15-3;1-3-2/h4,12H,5-7H2,1-3H3;3H2,1-2H3. The van der Waals surface area contributed by atoms with Gasteiger partial charge in [-0.05, 0) is 11.8 Å². The fourth-order valence-corrected chi connectivity index (χ4v) is 1.72. The Kier molecular flexibility index (Phi) is 7.32. The molecule has 0 bridgehead atoms. The first kappa shape index (κ1) is 16.7. The van der Waals surface area contributed by atoms with Crippen molar-refractivity contribution in [3.8, 4) is 0 Å². The molecule has 0 aromatic rings. The highest BCUT2D eigenvalue weighted by molar-refractivity contribution is 5.91. The molecule has 0 saturated carbocycles. The maximum Gasteiger partial charge on any atom is 0.325 e. The monoisotopic (exact) mass is 255 g/mol. The summed E-state index contributed by atoms with van der Waals surface area (Å²) in [5.41, 5.74) is 0.797. The Bertz CT molecular complexity index is 319. The van der Waals surface area contributed by atoms with Gasteiger partial charge in [0.1, 0.15) is 6.54 Å². The van der Waals surface area contributed by atoms with Crippen molar-refractivity contribution in [2.24, 2.45) is 5.41 Å². The van der Waals surface area contributed by atoms with Gasteiger partial charge in [-0.2, -0.15) is 0 Å². The van der Waals surface area contributed by atoms with Crippen LogP contribution in [0, 0.1) is 5.41 Å². The highest BCUT2D eigenvalue weighted by atomic mass is 16.5. The number of carbonyl (C=O) groups excluding carboxylic acids is 2. The Morgan fingerprint density at radius 2 is 1.94 bits per heavy atom. The number of esters is 1. The summed E-state index contributed by atoms with van der Waals surface area (Å²) in [6.07, 6.45) is 4.18. The molecule has 0 fully saturated rings. The van der Waals surface area contributed by atoms with Crippen molar-refractivity contribution in [3.05, 3.63) is 11.8 Å². The average molecular weight is 255 g/mol. The molecule has 0 unspecified atom stereocenters. The van der Waals surface area contributed by atoms with Crippen LogP contribution in [-0.2, 0) is 14.3 Å². The first-order valence-electron chi connectivity index (χ1n) is 6.38. The number of ether oxygens (including phenoxy) is 1. The Hall–Kier alpha value is -1.32. The molecule has 1 N–H and O–H groups in total. The number of hydrogen-bond acceptors (Lipinski definition) is 4. The van der Waals surface area contributed by atoms with Crippen molar-refractivity contribution in [1.29, 1.82) is 0 Å². The van der Waals surface area contributed by atoms with Crippen molar-refractivity contribution < 1.29 is 14.3 Å². The second-order valence-corrected chi connectivity index (χ2v) is 5.29. The number of rotatable bonds is 3. The molecule has 0 spiro atoms. The zero-order valence-corrected chi connectivity index (χ0v) is 12.1. The number of hydrogen-bond donors (Lipinski definition) is 1. The third kappa shape index (κ3) is 7.09. The molecule has 18 heavy (non-hydrogen) atoms. The maximum atomic E-state index is 11.4. The van der Waals surface area contributed by atoms with Gasteiger partial charge in [-0.15, -0.1) is 0 Å². The van der Waals surface area contributed by atoms with Crippen LogP contribution in [0.1, 0.15) is 47.0 Å². The van der Waals surface area contributed by atoms with Crippen LogP contribution in [-0.4, -0.2) is 25.4 Å². The summed E-state index contributed by atoms with van der Waals surface area (Å²) in [4.78, 5) is 22.3. The summed E-state index contributed by atoms with van der Waals surface area (Å²) in [7, 11) is 1.34. The molecular weight excluding hydrogens is 230 g/mol. The lowest BCUT2D eigenvalue weighted by molar-refractivity contribution is -0.139. The lowest BCUT2D eigenvalue weighted by atomic mass is 9.79. The predicted molar refractivity (Wildman–Crippen MR) is 72.1 cm³/mol. The van der Waals surface area contributed by atoms with E-state index in [1.165, 1.54) is 13.5 Å². The highest BCUT2D eigenvalue weighted by Crippen LogP contribution is 2.32. The maximum absolute atomic E-state index is 11.4. The molecule has 0 atom stereocenters. The van der Waals surface area contributed by atoms with Gasteiger partial charge in [-0.25, -0.2) is 0 Å². The molecule has 0 radical (unpaired) electrons. The van der Waals surface area contributed by atoms with Crippen LogP contribution in [0.2, 0.25) is 0 Å². The molecule has 0 heterocycles. The highest BCUT2D eigenvalue weighted by Gasteiger charge is 2.27. The minimum atomic E-state index is -0.327. The lowest BCUT2D eigenvalue weighted by Gasteiger charge is -2.29. The summed E-state index contributed by atoms with van der Waals surface area (Å²) >= 11 is 0. The fourth-order valence-electron chi connectivity index (χ4n) is 1.72. The minimum absolute atomic E-state index is 0.0235. The number of methoxy groups -OCH3 is 1. The van der Waals surface area contributed by atoms with Crippen molar-refractivity contribution in [2.45, 2.75) is 47.0 Å². The van der Waals surface area contributed by atoms with Gasteiger partial charge in [0.25, 0.3) is 0 Å². The van der Waals surface area contributed by atoms with Crippen LogP contribution >= 0.6 is 0 Å². The molecule has 0 aromatic carbocycles. The van der Waals surface area contributed by atoms with E-state index in [4.69, 9.17) is 0 Å². The van der Waals surface area contributed by atoms with E-state index < -0.39 is 0 Å². The van der Waals surface area contributed by atoms with E-state index in [2.05, 4.69) is 23.9 Å². The second-order valence-electron chi connectivity index (χ2n) is 5.29. The normalized spacial score (nSPS) is 17.2. The number of ketones is 1. The van der Waals surface area contributed by atoms with Gasteiger partial charge >= 0.3 is 5.97 Å². The van der Waals surface area contributed by atoms with Gasteiger partial charge < -0.3 is 10.1 Å². The Morgan fingerprint density at radius 3 is 2.39 bits per heavy atom. The summed E-state index contributed by atoms with van der Waals surface area (Å²) in [5, 5.41) is 2.92. The van der Waals surface area contributed by atoms with Gasteiger partial charge in [0.15, 0.2) is 5.78 Å². The van der Waals surface area contributed by atoms with Crippen LogP contribution in [0.3, 0.4) is 0 Å². The van der Waals surface area contributed by atoms with Crippen LogP contribution < -0.4 is 5.32 Å². The summed E-state index contributed by atoms with van der Waals surface area (Å²) in [6, 6.07) is 0. The first-order chi connectivity index (χ1) is 8.34. The number of nitrogens with one attached hydrogen (secondary N) is 1. The topological polar surface area (TPSA) is 55.4 Å². The van der Waals surface area contributed by atoms with Crippen molar-refractivity contribution in [1.82, 2.24) is 5.32 Å². The smallest absolute Gasteiger partial charge is 0.325 e. The zero-order valence-electron chi connectivity index (χ0n) is 12.1. The lowest BCUT2D eigenvalue weighted by Crippen LogP contribution is -2.31. The second kappa shape index (κ2) is 7.90. The van der Waals surface area contributed by atoms with Gasteiger partial charge in [0, 0.05) is 18.2 Å². The minimum Gasteiger partial charge on any atom is -0.468 e. The largest absolute Gasteiger partial charge is 0.468 e. The summed E-state index contributed by atoms with van der Waals surface area (Å²) in [5.74, 6) is -0.217. The average Bonchev–Trinajstić information content (AvgIpc) is 2.24. The predicted octanol–water partition coefficient (Wildman–Crippen LogP) is 2.44. The molecular formula is C14H25NO3. The molecule has 0 amide bonds. The first-order valence-corrected chi connectivity index (χ1v) is 6.38. The molecule has 104 valence electrons. The van der Waals surface area contributed by atoms with E-state index in [1.54, 1.807) is 6.08 Å². The molecule has 0 aliphatic heterocycles. The summed E-state index contributed by atoms with van der Waals surface area (Å²) < 4.78 is 4.51. The van der Waals surface area contributed by atoms with Crippen molar-refractivity contribution in [3.63, 3.8) is 0 Å². The molecule has 1 rings (SSSR count). The molecule has 0 aromatic heterocycles. The van der Waals surface area contributed by atoms with E-state index in [-0.39, 0.29) is 23.7 Å². The van der Waals surface area contributed by atoms with Crippen molar-refractivity contribution in [2.75, 3.05) is 13.7 Å². The third-order valence-electron chi connectivity index (χ3n) is 2.34. The van der Waals surface area contributed by atoms with Crippen molar-refractivity contribution >= 4 is 11.8 Å². The van der Waals surface area contributed by atoms with Gasteiger partial charge in [0.2, 0.25) is 0 Å². The summed E-state index contributed by atoms with van der Waals surface area (Å²) in [6.45, 7) is 8.45. The molecule has 4 heteroatoms. The van der Waals surface area contributed by atoms with Gasteiger partial charge in [0.05, 0.1) is 7.11 Å². The zero-order chi connectivity index (χ0) is 14.2. The van der Waals surface area contributed by atoms with E-state index >= 15 is 0 Å². The number of allylic oxidation sites excluding steroid dienone is 2. The van der Waals surface area contributed by atoms with Gasteiger partial charge in [-0.3, -0.25) is 9.59 Å². The molecule has 1 aliphatic carbocycles. The molecule has 0 saturated heterocycles. The van der Waals surface area contributed by atoms with Crippen LogP contribution in [0.25, 0.3) is 0 Å². The Balaban J connectivity index is 0.000000873. The Labute approximate surface area is 110 Å². The molecule has 1 aliphatic rings. The van der Waals surface area contributed by atoms with Gasteiger partial charge in [-0.1, -0.05) is 34.1 Å². The van der Waals surface area contributed by atoms with E-state index in [1.807, 2.05) is 13.8 Å².